The first-order chi connectivity index (χ1) is 12.5. The van der Waals surface area contributed by atoms with Crippen LogP contribution in [0.1, 0.15) is 44.6 Å². The zero-order chi connectivity index (χ0) is 18.7. The third-order valence-electron chi connectivity index (χ3n) is 4.36. The summed E-state index contributed by atoms with van der Waals surface area (Å²) in [6, 6.07) is 16.1. The van der Waals surface area contributed by atoms with Crippen LogP contribution in [-0.2, 0) is 6.54 Å². The number of hydrogen-bond acceptors (Lipinski definition) is 3. The summed E-state index contributed by atoms with van der Waals surface area (Å²) in [5.41, 5.74) is 3.58. The van der Waals surface area contributed by atoms with Gasteiger partial charge in [-0.1, -0.05) is 42.5 Å². The van der Waals surface area contributed by atoms with Gasteiger partial charge in [-0.05, 0) is 32.9 Å². The van der Waals surface area contributed by atoms with E-state index in [1.165, 1.54) is 0 Å². The standard InChI is InChI=1S/C21H21N3O2/c1-4-24-15(3)19(14(2)23-24)21(26)22-18-13-9-8-12-17(18)20(25)16-10-6-5-7-11-16/h5-13H,4H2,1-3H3,(H,22,26). The monoisotopic (exact) mass is 347 g/mol. The van der Waals surface area contributed by atoms with Gasteiger partial charge in [0.1, 0.15) is 0 Å². The van der Waals surface area contributed by atoms with Crippen molar-refractivity contribution in [2.75, 3.05) is 5.32 Å². The molecule has 0 aliphatic carbocycles. The second kappa shape index (κ2) is 7.35. The number of hydrogen-bond donors (Lipinski definition) is 1. The van der Waals surface area contributed by atoms with E-state index in [2.05, 4.69) is 10.4 Å². The molecule has 0 aliphatic heterocycles. The highest BCUT2D eigenvalue weighted by atomic mass is 16.2. The number of benzene rings is 2. The van der Waals surface area contributed by atoms with E-state index in [9.17, 15) is 9.59 Å². The molecule has 132 valence electrons. The largest absolute Gasteiger partial charge is 0.321 e. The summed E-state index contributed by atoms with van der Waals surface area (Å²) in [5.74, 6) is -0.382. The van der Waals surface area contributed by atoms with Gasteiger partial charge in [0.25, 0.3) is 5.91 Å². The van der Waals surface area contributed by atoms with Crippen LogP contribution in [0.5, 0.6) is 0 Å². The van der Waals surface area contributed by atoms with E-state index in [-0.39, 0.29) is 11.7 Å². The molecule has 0 unspecified atom stereocenters. The molecule has 0 saturated carbocycles. The summed E-state index contributed by atoms with van der Waals surface area (Å²) in [5, 5.41) is 7.27. The topological polar surface area (TPSA) is 64.0 Å². The van der Waals surface area contributed by atoms with Crippen LogP contribution in [0.3, 0.4) is 0 Å². The average Bonchev–Trinajstić information content (AvgIpc) is 2.96. The minimum atomic E-state index is -0.256. The molecule has 0 radical (unpaired) electrons. The lowest BCUT2D eigenvalue weighted by Gasteiger charge is -2.11. The molecule has 1 heterocycles. The van der Waals surface area contributed by atoms with Gasteiger partial charge in [-0.25, -0.2) is 0 Å². The second-order valence-corrected chi connectivity index (χ2v) is 6.06. The molecule has 0 bridgehead atoms. The molecule has 3 aromatic rings. The lowest BCUT2D eigenvalue weighted by atomic mass is 10.0. The van der Waals surface area contributed by atoms with Gasteiger partial charge in [-0.3, -0.25) is 14.3 Å². The maximum atomic E-state index is 12.8. The molecule has 1 amide bonds. The molecular formula is C21H21N3O2. The number of nitrogens with zero attached hydrogens (tertiary/aromatic N) is 2. The van der Waals surface area contributed by atoms with Gasteiger partial charge < -0.3 is 5.32 Å². The maximum Gasteiger partial charge on any atom is 0.259 e. The number of carbonyl (C=O) groups excluding carboxylic acids is 2. The number of ketones is 1. The first-order valence-corrected chi connectivity index (χ1v) is 8.57. The molecule has 0 atom stereocenters. The van der Waals surface area contributed by atoms with E-state index in [1.807, 2.05) is 39.0 Å². The van der Waals surface area contributed by atoms with E-state index >= 15 is 0 Å². The van der Waals surface area contributed by atoms with Crippen molar-refractivity contribution in [3.63, 3.8) is 0 Å². The molecule has 26 heavy (non-hydrogen) atoms. The van der Waals surface area contributed by atoms with Crippen molar-refractivity contribution in [1.29, 1.82) is 0 Å². The van der Waals surface area contributed by atoms with Crippen LogP contribution in [0.4, 0.5) is 5.69 Å². The third kappa shape index (κ3) is 3.28. The summed E-state index contributed by atoms with van der Waals surface area (Å²) < 4.78 is 1.80. The molecule has 1 aromatic heterocycles. The van der Waals surface area contributed by atoms with Gasteiger partial charge in [-0.15, -0.1) is 0 Å². The smallest absolute Gasteiger partial charge is 0.259 e. The summed E-state index contributed by atoms with van der Waals surface area (Å²) in [4.78, 5) is 25.6. The van der Waals surface area contributed by atoms with Crippen molar-refractivity contribution >= 4 is 17.4 Å². The van der Waals surface area contributed by atoms with Crippen LogP contribution in [0, 0.1) is 13.8 Å². The van der Waals surface area contributed by atoms with Crippen molar-refractivity contribution in [3.05, 3.63) is 82.7 Å². The van der Waals surface area contributed by atoms with Crippen molar-refractivity contribution in [1.82, 2.24) is 9.78 Å². The van der Waals surface area contributed by atoms with Gasteiger partial charge in [-0.2, -0.15) is 5.10 Å². The quantitative estimate of drug-likeness (QED) is 0.710. The van der Waals surface area contributed by atoms with Crippen LogP contribution >= 0.6 is 0 Å². The molecule has 0 spiro atoms. The Balaban J connectivity index is 1.93. The van der Waals surface area contributed by atoms with Crippen molar-refractivity contribution < 1.29 is 9.59 Å². The summed E-state index contributed by atoms with van der Waals surface area (Å²) >= 11 is 0. The Morgan fingerprint density at radius 2 is 1.65 bits per heavy atom. The minimum absolute atomic E-state index is 0.126. The first kappa shape index (κ1) is 17.6. The summed E-state index contributed by atoms with van der Waals surface area (Å²) in [7, 11) is 0. The normalized spacial score (nSPS) is 10.6. The Kier molecular flexibility index (Phi) is 4.98. The van der Waals surface area contributed by atoms with E-state index in [1.54, 1.807) is 41.1 Å². The Bertz CT molecular complexity index is 959. The molecule has 0 fully saturated rings. The average molecular weight is 347 g/mol. The number of nitrogens with one attached hydrogen (secondary N) is 1. The highest BCUT2D eigenvalue weighted by molar-refractivity contribution is 6.15. The van der Waals surface area contributed by atoms with E-state index < -0.39 is 0 Å². The van der Waals surface area contributed by atoms with Crippen molar-refractivity contribution in [2.24, 2.45) is 0 Å². The fourth-order valence-electron chi connectivity index (χ4n) is 3.05. The van der Waals surface area contributed by atoms with E-state index in [0.717, 1.165) is 5.69 Å². The first-order valence-electron chi connectivity index (χ1n) is 8.57. The highest BCUT2D eigenvalue weighted by Gasteiger charge is 2.20. The molecule has 0 aliphatic rings. The number of rotatable bonds is 5. The maximum absolute atomic E-state index is 12.8. The summed E-state index contributed by atoms with van der Waals surface area (Å²) in [6.07, 6.45) is 0. The molecular weight excluding hydrogens is 326 g/mol. The van der Waals surface area contributed by atoms with Gasteiger partial charge in [0.05, 0.1) is 16.9 Å². The molecule has 5 heteroatoms. The Morgan fingerprint density at radius 3 is 2.31 bits per heavy atom. The minimum Gasteiger partial charge on any atom is -0.321 e. The number of carbonyl (C=O) groups is 2. The van der Waals surface area contributed by atoms with Gasteiger partial charge in [0, 0.05) is 23.4 Å². The zero-order valence-electron chi connectivity index (χ0n) is 15.1. The van der Waals surface area contributed by atoms with Crippen LogP contribution < -0.4 is 5.32 Å². The fourth-order valence-corrected chi connectivity index (χ4v) is 3.05. The molecule has 0 saturated heterocycles. The Morgan fingerprint density at radius 1 is 1.00 bits per heavy atom. The molecule has 5 nitrogen and oxygen atoms in total. The molecule has 2 aromatic carbocycles. The molecule has 3 rings (SSSR count). The number of aryl methyl sites for hydroxylation is 2. The van der Waals surface area contributed by atoms with Crippen LogP contribution in [0.15, 0.2) is 54.6 Å². The predicted octanol–water partition coefficient (Wildman–Crippen LogP) is 4.00. The number of amides is 1. The van der Waals surface area contributed by atoms with Gasteiger partial charge in [0.15, 0.2) is 5.78 Å². The lowest BCUT2D eigenvalue weighted by Crippen LogP contribution is -2.17. The Hall–Kier alpha value is -3.21. The number of para-hydroxylation sites is 1. The van der Waals surface area contributed by atoms with Crippen LogP contribution in [-0.4, -0.2) is 21.5 Å². The number of aromatic nitrogens is 2. The van der Waals surface area contributed by atoms with Crippen LogP contribution in [0.25, 0.3) is 0 Å². The van der Waals surface area contributed by atoms with Crippen LogP contribution in [0.2, 0.25) is 0 Å². The predicted molar refractivity (Wildman–Crippen MR) is 102 cm³/mol. The SMILES string of the molecule is CCn1nc(C)c(C(=O)Nc2ccccc2C(=O)c2ccccc2)c1C. The number of anilines is 1. The van der Waals surface area contributed by atoms with Crippen molar-refractivity contribution in [3.8, 4) is 0 Å². The second-order valence-electron chi connectivity index (χ2n) is 6.06. The molecule has 1 N–H and O–H groups in total. The van der Waals surface area contributed by atoms with E-state index in [4.69, 9.17) is 0 Å². The lowest BCUT2D eigenvalue weighted by molar-refractivity contribution is 0.102. The fraction of sp³-hybridized carbons (Fsp3) is 0.190. The van der Waals surface area contributed by atoms with E-state index in [0.29, 0.717) is 34.6 Å². The van der Waals surface area contributed by atoms with Gasteiger partial charge in [0.2, 0.25) is 0 Å². The van der Waals surface area contributed by atoms with Crippen molar-refractivity contribution in [2.45, 2.75) is 27.3 Å². The highest BCUT2D eigenvalue weighted by Crippen LogP contribution is 2.22. The third-order valence-corrected chi connectivity index (χ3v) is 4.36. The Labute approximate surface area is 152 Å². The zero-order valence-corrected chi connectivity index (χ0v) is 15.1. The van der Waals surface area contributed by atoms with Gasteiger partial charge >= 0.3 is 0 Å². The summed E-state index contributed by atoms with van der Waals surface area (Å²) in [6.45, 7) is 6.37.